The van der Waals surface area contributed by atoms with E-state index < -0.39 is 0 Å². The van der Waals surface area contributed by atoms with Gasteiger partial charge in [-0.25, -0.2) is 4.98 Å². The van der Waals surface area contributed by atoms with Crippen LogP contribution < -0.4 is 16.0 Å². The molecule has 9 nitrogen and oxygen atoms in total. The van der Waals surface area contributed by atoms with Crippen LogP contribution in [-0.4, -0.2) is 64.3 Å². The maximum Gasteiger partial charge on any atom is 0.238 e. The first-order valence-electron chi connectivity index (χ1n) is 11.1. The molecule has 4 N–H and O–H groups in total. The first-order valence-corrected chi connectivity index (χ1v) is 11.9. The minimum Gasteiger partial charge on any atom is -0.395 e. The maximum atomic E-state index is 11.8. The van der Waals surface area contributed by atoms with E-state index >= 15 is 0 Å². The molecule has 10 heteroatoms. The van der Waals surface area contributed by atoms with Gasteiger partial charge in [0, 0.05) is 24.8 Å². The quantitative estimate of drug-likeness (QED) is 0.336. The molecule has 0 unspecified atom stereocenters. The Kier molecular flexibility index (Phi) is 13.1. The molecular formula is C23H36BrN7O2. The van der Waals surface area contributed by atoms with Crippen molar-refractivity contribution < 1.29 is 9.90 Å². The number of hydrogen-bond acceptors (Lipinski definition) is 7. The van der Waals surface area contributed by atoms with Gasteiger partial charge in [-0.15, -0.1) is 0 Å². The van der Waals surface area contributed by atoms with Gasteiger partial charge in [0.05, 0.1) is 23.8 Å². The summed E-state index contributed by atoms with van der Waals surface area (Å²) >= 11 is 3.45. The van der Waals surface area contributed by atoms with Crippen LogP contribution in [0, 0.1) is 0 Å². The zero-order chi connectivity index (χ0) is 24.8. The van der Waals surface area contributed by atoms with Crippen molar-refractivity contribution in [2.45, 2.75) is 34.2 Å². The summed E-state index contributed by atoms with van der Waals surface area (Å²) in [5, 5.41) is 22.7. The molecule has 33 heavy (non-hydrogen) atoms. The number of nitrogens with one attached hydrogen (secondary N) is 3. The third-order valence-electron chi connectivity index (χ3n) is 4.02. The predicted octanol–water partition coefficient (Wildman–Crippen LogP) is 4.06. The summed E-state index contributed by atoms with van der Waals surface area (Å²) in [5.41, 5.74) is 2.49. The average Bonchev–Trinajstić information content (AvgIpc) is 3.20. The van der Waals surface area contributed by atoms with Crippen molar-refractivity contribution in [2.75, 3.05) is 49.7 Å². The van der Waals surface area contributed by atoms with Crippen LogP contribution in [0.15, 0.2) is 41.0 Å². The van der Waals surface area contributed by atoms with Crippen molar-refractivity contribution in [2.24, 2.45) is 0 Å². The number of anilines is 3. The number of rotatable bonds is 9. The Morgan fingerprint density at radius 2 is 1.79 bits per heavy atom. The number of carbonyl (C=O) groups excluding carboxylic acids is 1. The molecule has 0 saturated heterocycles. The predicted molar refractivity (Wildman–Crippen MR) is 140 cm³/mol. The van der Waals surface area contributed by atoms with Gasteiger partial charge in [0.15, 0.2) is 5.65 Å². The fraction of sp³-hybridized carbons (Fsp3) is 0.435. The molecule has 0 aliphatic heterocycles. The zero-order valence-electron chi connectivity index (χ0n) is 20.3. The lowest BCUT2D eigenvalue weighted by Crippen LogP contribution is -2.27. The Hall–Kier alpha value is -2.69. The molecule has 3 rings (SSSR count). The number of fused-ring (bicyclic) bond motifs is 1. The van der Waals surface area contributed by atoms with E-state index in [0.29, 0.717) is 31.1 Å². The van der Waals surface area contributed by atoms with Crippen molar-refractivity contribution in [1.29, 1.82) is 0 Å². The van der Waals surface area contributed by atoms with Gasteiger partial charge in [-0.1, -0.05) is 39.8 Å². The molecule has 0 radical (unpaired) electrons. The minimum atomic E-state index is -0.0489. The van der Waals surface area contributed by atoms with Crippen LogP contribution in [0.25, 0.3) is 5.65 Å². The molecule has 0 spiro atoms. The molecule has 0 atom stereocenters. The summed E-state index contributed by atoms with van der Waals surface area (Å²) in [4.78, 5) is 18.2. The number of halogens is 1. The molecule has 0 bridgehead atoms. The van der Waals surface area contributed by atoms with E-state index in [1.54, 1.807) is 10.7 Å². The largest absolute Gasteiger partial charge is 0.395 e. The van der Waals surface area contributed by atoms with Gasteiger partial charge in [0.25, 0.3) is 0 Å². The number of aromatic nitrogens is 3. The minimum absolute atomic E-state index is 0.0213. The Balaban J connectivity index is 0.00000129. The van der Waals surface area contributed by atoms with E-state index in [1.165, 1.54) is 0 Å². The first kappa shape index (κ1) is 28.3. The molecular weight excluding hydrogens is 486 g/mol. The van der Waals surface area contributed by atoms with E-state index in [9.17, 15) is 4.79 Å². The van der Waals surface area contributed by atoms with Crippen LogP contribution in [0.3, 0.4) is 0 Å². The van der Waals surface area contributed by atoms with Gasteiger partial charge in [-0.05, 0) is 47.7 Å². The summed E-state index contributed by atoms with van der Waals surface area (Å²) in [6.07, 6.45) is 1.69. The lowest BCUT2D eigenvalue weighted by Gasteiger charge is -2.12. The van der Waals surface area contributed by atoms with Gasteiger partial charge < -0.3 is 26.0 Å². The van der Waals surface area contributed by atoms with Crippen LogP contribution in [-0.2, 0) is 11.3 Å². The number of carbonyl (C=O) groups is 1. The standard InChI is InChI=1S/C19H24BrN7O2.2C2H6/c1-26(2)12-18(29)24-14-5-3-13(4-6-14)10-22-17-9-16(21-7-8-28)25-19-15(20)11-23-27(17)19;2*1-2/h3-6,9,11,22,28H,7-8,10,12H2,1-2H3,(H,21,25)(H,24,29);2*1-2H3. The second-order valence-corrected chi connectivity index (χ2v) is 7.60. The fourth-order valence-electron chi connectivity index (χ4n) is 2.72. The van der Waals surface area contributed by atoms with E-state index in [4.69, 9.17) is 5.11 Å². The monoisotopic (exact) mass is 521 g/mol. The number of hydrogen-bond donors (Lipinski definition) is 4. The maximum absolute atomic E-state index is 11.8. The number of nitrogens with zero attached hydrogens (tertiary/aromatic N) is 4. The second-order valence-electron chi connectivity index (χ2n) is 6.74. The van der Waals surface area contributed by atoms with E-state index in [-0.39, 0.29) is 12.5 Å². The third-order valence-corrected chi connectivity index (χ3v) is 4.58. The van der Waals surface area contributed by atoms with E-state index in [0.717, 1.165) is 21.5 Å². The first-order chi connectivity index (χ1) is 16.0. The number of aliphatic hydroxyl groups excluding tert-OH is 1. The van der Waals surface area contributed by atoms with Crippen LogP contribution in [0.1, 0.15) is 33.3 Å². The fourth-order valence-corrected chi connectivity index (χ4v) is 3.07. The molecule has 0 fully saturated rings. The van der Waals surface area contributed by atoms with Crippen molar-refractivity contribution in [3.63, 3.8) is 0 Å². The van der Waals surface area contributed by atoms with Gasteiger partial charge in [0.2, 0.25) is 5.91 Å². The van der Waals surface area contributed by atoms with Crippen LogP contribution in [0.5, 0.6) is 0 Å². The lowest BCUT2D eigenvalue weighted by molar-refractivity contribution is -0.116. The smallest absolute Gasteiger partial charge is 0.238 e. The Labute approximate surface area is 204 Å². The highest BCUT2D eigenvalue weighted by Gasteiger charge is 2.10. The van der Waals surface area contributed by atoms with Crippen molar-refractivity contribution in [3.05, 3.63) is 46.6 Å². The summed E-state index contributed by atoms with van der Waals surface area (Å²) in [6, 6.07) is 9.52. The highest BCUT2D eigenvalue weighted by atomic mass is 79.9. The molecule has 2 heterocycles. The number of amides is 1. The highest BCUT2D eigenvalue weighted by molar-refractivity contribution is 9.10. The molecule has 0 saturated carbocycles. The Morgan fingerprint density at radius 1 is 1.12 bits per heavy atom. The van der Waals surface area contributed by atoms with Crippen molar-refractivity contribution >= 4 is 44.8 Å². The third kappa shape index (κ3) is 8.99. The molecule has 182 valence electrons. The average molecular weight is 522 g/mol. The van der Waals surface area contributed by atoms with Gasteiger partial charge >= 0.3 is 0 Å². The highest BCUT2D eigenvalue weighted by Crippen LogP contribution is 2.23. The normalized spacial score (nSPS) is 10.1. The molecule has 0 aliphatic carbocycles. The van der Waals surface area contributed by atoms with Gasteiger partial charge in [0.1, 0.15) is 11.6 Å². The van der Waals surface area contributed by atoms with Crippen LogP contribution in [0.2, 0.25) is 0 Å². The summed E-state index contributed by atoms with van der Waals surface area (Å²) in [5.74, 6) is 1.37. The molecule has 0 aliphatic rings. The lowest BCUT2D eigenvalue weighted by atomic mass is 10.2. The van der Waals surface area contributed by atoms with Crippen LogP contribution >= 0.6 is 15.9 Å². The number of aliphatic hydroxyl groups is 1. The van der Waals surface area contributed by atoms with E-state index in [1.807, 2.05) is 77.0 Å². The van der Waals surface area contributed by atoms with Crippen LogP contribution in [0.4, 0.5) is 17.3 Å². The number of likely N-dealkylation sites (N-methyl/N-ethyl adjacent to an activating group) is 1. The number of benzene rings is 1. The summed E-state index contributed by atoms with van der Waals surface area (Å²) in [7, 11) is 3.71. The molecule has 1 amide bonds. The topological polar surface area (TPSA) is 107 Å². The second kappa shape index (κ2) is 15.2. The summed E-state index contributed by atoms with van der Waals surface area (Å²) in [6.45, 7) is 9.35. The molecule has 3 aromatic rings. The Morgan fingerprint density at radius 3 is 2.39 bits per heavy atom. The van der Waals surface area contributed by atoms with E-state index in [2.05, 4.69) is 42.0 Å². The zero-order valence-corrected chi connectivity index (χ0v) is 21.9. The SMILES string of the molecule is CC.CC.CN(C)CC(=O)Nc1ccc(CNc2cc(NCCO)nc3c(Br)cnn23)cc1. The Bertz CT molecular complexity index is 975. The molecule has 1 aromatic carbocycles. The molecule has 2 aromatic heterocycles. The van der Waals surface area contributed by atoms with Gasteiger partial charge in [-0.2, -0.15) is 9.61 Å². The van der Waals surface area contributed by atoms with Crippen molar-refractivity contribution in [1.82, 2.24) is 19.5 Å². The van der Waals surface area contributed by atoms with Crippen molar-refractivity contribution in [3.8, 4) is 0 Å². The summed E-state index contributed by atoms with van der Waals surface area (Å²) < 4.78 is 2.50. The van der Waals surface area contributed by atoms with Gasteiger partial charge in [-0.3, -0.25) is 4.79 Å².